The van der Waals surface area contributed by atoms with E-state index in [2.05, 4.69) is 0 Å². The Bertz CT molecular complexity index is 454. The number of hydrogen-bond acceptors (Lipinski definition) is 2. The van der Waals surface area contributed by atoms with Gasteiger partial charge in [-0.2, -0.15) is 0 Å². The van der Waals surface area contributed by atoms with Gasteiger partial charge in [-0.3, -0.25) is 0 Å². The summed E-state index contributed by atoms with van der Waals surface area (Å²) in [7, 11) is 0. The van der Waals surface area contributed by atoms with E-state index >= 15 is 0 Å². The van der Waals surface area contributed by atoms with Gasteiger partial charge in [-0.05, 0) is 18.6 Å². The van der Waals surface area contributed by atoms with Crippen LogP contribution >= 0.6 is 0 Å². The summed E-state index contributed by atoms with van der Waals surface area (Å²) in [5.74, 6) is -1.22. The van der Waals surface area contributed by atoms with Gasteiger partial charge in [-0.15, -0.1) is 0 Å². The highest BCUT2D eigenvalue weighted by atomic mass is 19.1. The van der Waals surface area contributed by atoms with Crippen molar-refractivity contribution >= 4 is 11.8 Å². The van der Waals surface area contributed by atoms with Crippen molar-refractivity contribution in [2.45, 2.75) is 6.42 Å². The molecule has 1 aliphatic heterocycles. The number of halogens is 2. The number of carbonyl (C=O) groups is 1. The SMILES string of the molecule is O=C(O)N1CCCN(c2ccc(F)cc2F)CC1. The molecule has 18 heavy (non-hydrogen) atoms. The summed E-state index contributed by atoms with van der Waals surface area (Å²) in [6.45, 7) is 1.74. The molecular weight excluding hydrogens is 242 g/mol. The third kappa shape index (κ3) is 2.69. The van der Waals surface area contributed by atoms with Crippen molar-refractivity contribution in [3.05, 3.63) is 29.8 Å². The van der Waals surface area contributed by atoms with E-state index in [1.807, 2.05) is 0 Å². The summed E-state index contributed by atoms with van der Waals surface area (Å²) in [4.78, 5) is 13.9. The highest BCUT2D eigenvalue weighted by Crippen LogP contribution is 2.21. The van der Waals surface area contributed by atoms with E-state index in [0.29, 0.717) is 38.3 Å². The van der Waals surface area contributed by atoms with Crippen molar-refractivity contribution in [2.24, 2.45) is 0 Å². The first-order valence-corrected chi connectivity index (χ1v) is 5.76. The molecule has 4 nitrogen and oxygen atoms in total. The molecule has 0 aromatic heterocycles. The lowest BCUT2D eigenvalue weighted by molar-refractivity contribution is 0.148. The van der Waals surface area contributed by atoms with Gasteiger partial charge in [-0.25, -0.2) is 13.6 Å². The number of anilines is 1. The summed E-state index contributed by atoms with van der Waals surface area (Å²) in [5.41, 5.74) is 0.323. The highest BCUT2D eigenvalue weighted by Gasteiger charge is 2.20. The lowest BCUT2D eigenvalue weighted by atomic mass is 10.2. The zero-order chi connectivity index (χ0) is 13.1. The predicted molar refractivity (Wildman–Crippen MR) is 62.8 cm³/mol. The van der Waals surface area contributed by atoms with Crippen LogP contribution in [0.4, 0.5) is 19.3 Å². The number of nitrogens with zero attached hydrogens (tertiary/aromatic N) is 2. The second kappa shape index (κ2) is 5.20. The van der Waals surface area contributed by atoms with Gasteiger partial charge in [0.05, 0.1) is 5.69 Å². The van der Waals surface area contributed by atoms with Crippen molar-refractivity contribution in [2.75, 3.05) is 31.1 Å². The fourth-order valence-corrected chi connectivity index (χ4v) is 2.09. The molecule has 1 N–H and O–H groups in total. The maximum Gasteiger partial charge on any atom is 0.407 e. The van der Waals surface area contributed by atoms with Crippen LogP contribution in [-0.2, 0) is 0 Å². The molecule has 1 aliphatic rings. The van der Waals surface area contributed by atoms with E-state index in [1.54, 1.807) is 4.90 Å². The predicted octanol–water partition coefficient (Wildman–Crippen LogP) is 2.15. The van der Waals surface area contributed by atoms with Gasteiger partial charge in [0.25, 0.3) is 0 Å². The number of benzene rings is 1. The van der Waals surface area contributed by atoms with Gasteiger partial charge < -0.3 is 14.9 Å². The summed E-state index contributed by atoms with van der Waals surface area (Å²) in [6.07, 6.45) is -0.334. The molecule has 1 heterocycles. The Morgan fingerprint density at radius 2 is 1.94 bits per heavy atom. The van der Waals surface area contributed by atoms with Gasteiger partial charge in [0, 0.05) is 32.2 Å². The van der Waals surface area contributed by atoms with Crippen molar-refractivity contribution in [1.82, 2.24) is 4.90 Å². The summed E-state index contributed by atoms with van der Waals surface area (Å²) >= 11 is 0. The first kappa shape index (κ1) is 12.6. The van der Waals surface area contributed by atoms with Gasteiger partial charge in [0.15, 0.2) is 0 Å². The molecule has 0 aliphatic carbocycles. The van der Waals surface area contributed by atoms with E-state index < -0.39 is 17.7 Å². The van der Waals surface area contributed by atoms with E-state index in [4.69, 9.17) is 5.11 Å². The summed E-state index contributed by atoms with van der Waals surface area (Å²) < 4.78 is 26.4. The molecule has 2 rings (SSSR count). The smallest absolute Gasteiger partial charge is 0.407 e. The quantitative estimate of drug-likeness (QED) is 0.837. The molecule has 6 heteroatoms. The number of carboxylic acid groups (broad SMARTS) is 1. The second-order valence-electron chi connectivity index (χ2n) is 4.21. The fraction of sp³-hybridized carbons (Fsp3) is 0.417. The van der Waals surface area contributed by atoms with Crippen LogP contribution in [0.15, 0.2) is 18.2 Å². The standard InChI is InChI=1S/C12H14F2N2O2/c13-9-2-3-11(10(14)8-9)15-4-1-5-16(7-6-15)12(17)18/h2-3,8H,1,4-7H2,(H,17,18). The van der Waals surface area contributed by atoms with Gasteiger partial charge >= 0.3 is 6.09 Å². The van der Waals surface area contributed by atoms with Crippen LogP contribution in [0.1, 0.15) is 6.42 Å². The largest absolute Gasteiger partial charge is 0.465 e. The fourth-order valence-electron chi connectivity index (χ4n) is 2.09. The molecule has 1 aromatic rings. The van der Waals surface area contributed by atoms with Crippen LogP contribution in [0.25, 0.3) is 0 Å². The highest BCUT2D eigenvalue weighted by molar-refractivity contribution is 5.65. The van der Waals surface area contributed by atoms with Crippen LogP contribution in [0.3, 0.4) is 0 Å². The van der Waals surface area contributed by atoms with Crippen molar-refractivity contribution in [3.8, 4) is 0 Å². The molecule has 0 radical (unpaired) electrons. The van der Waals surface area contributed by atoms with Crippen molar-refractivity contribution in [3.63, 3.8) is 0 Å². The topological polar surface area (TPSA) is 43.8 Å². The van der Waals surface area contributed by atoms with E-state index in [9.17, 15) is 13.6 Å². The average Bonchev–Trinajstić information content (AvgIpc) is 2.54. The van der Waals surface area contributed by atoms with Crippen LogP contribution in [-0.4, -0.2) is 42.3 Å². The molecule has 98 valence electrons. The molecule has 1 fully saturated rings. The number of rotatable bonds is 1. The second-order valence-corrected chi connectivity index (χ2v) is 4.21. The molecule has 0 saturated carbocycles. The normalized spacial score (nSPS) is 16.6. The van der Waals surface area contributed by atoms with Gasteiger partial charge in [0.1, 0.15) is 11.6 Å². The van der Waals surface area contributed by atoms with Gasteiger partial charge in [0.2, 0.25) is 0 Å². The maximum absolute atomic E-state index is 13.6. The molecule has 1 aromatic carbocycles. The minimum atomic E-state index is -0.962. The first-order chi connectivity index (χ1) is 8.58. The number of hydrogen-bond donors (Lipinski definition) is 1. The lowest BCUT2D eigenvalue weighted by Gasteiger charge is -2.23. The molecule has 1 saturated heterocycles. The summed E-state index contributed by atoms with van der Waals surface area (Å²) in [6, 6.07) is 3.44. The van der Waals surface area contributed by atoms with E-state index in [0.717, 1.165) is 6.07 Å². The Morgan fingerprint density at radius 1 is 1.17 bits per heavy atom. The monoisotopic (exact) mass is 256 g/mol. The van der Waals surface area contributed by atoms with Crippen LogP contribution in [0.5, 0.6) is 0 Å². The van der Waals surface area contributed by atoms with Gasteiger partial charge in [-0.1, -0.05) is 0 Å². The van der Waals surface area contributed by atoms with E-state index in [-0.39, 0.29) is 0 Å². The van der Waals surface area contributed by atoms with Crippen molar-refractivity contribution < 1.29 is 18.7 Å². The molecular formula is C12H14F2N2O2. The summed E-state index contributed by atoms with van der Waals surface area (Å²) in [5, 5.41) is 8.89. The number of amides is 1. The zero-order valence-corrected chi connectivity index (χ0v) is 9.77. The van der Waals surface area contributed by atoms with E-state index in [1.165, 1.54) is 17.0 Å². The third-order valence-corrected chi connectivity index (χ3v) is 3.02. The van der Waals surface area contributed by atoms with Crippen molar-refractivity contribution in [1.29, 1.82) is 0 Å². The van der Waals surface area contributed by atoms with Crippen LogP contribution in [0.2, 0.25) is 0 Å². The Labute approximate surface area is 103 Å². The molecule has 0 bridgehead atoms. The third-order valence-electron chi connectivity index (χ3n) is 3.02. The lowest BCUT2D eigenvalue weighted by Crippen LogP contribution is -2.34. The average molecular weight is 256 g/mol. The molecule has 0 atom stereocenters. The van der Waals surface area contributed by atoms with Crippen LogP contribution < -0.4 is 4.90 Å². The Kier molecular flexibility index (Phi) is 3.64. The van der Waals surface area contributed by atoms with Crippen LogP contribution in [0, 0.1) is 11.6 Å². The maximum atomic E-state index is 13.6. The Balaban J connectivity index is 2.12. The minimum Gasteiger partial charge on any atom is -0.465 e. The minimum absolute atomic E-state index is 0.323. The first-order valence-electron chi connectivity index (χ1n) is 5.76. The Morgan fingerprint density at radius 3 is 2.61 bits per heavy atom. The molecule has 1 amide bonds. The molecule has 0 spiro atoms. The molecule has 0 unspecified atom stereocenters. The zero-order valence-electron chi connectivity index (χ0n) is 9.77. The Hall–Kier alpha value is -1.85.